The lowest BCUT2D eigenvalue weighted by Gasteiger charge is -2.21. The Morgan fingerprint density at radius 2 is 2.00 bits per heavy atom. The van der Waals surface area contributed by atoms with E-state index in [0.29, 0.717) is 12.8 Å². The Hall–Kier alpha value is -1.67. The van der Waals surface area contributed by atoms with Crippen LogP contribution in [-0.2, 0) is 14.6 Å². The zero-order chi connectivity index (χ0) is 16.3. The average molecular weight is 347 g/mol. The van der Waals surface area contributed by atoms with E-state index in [1.54, 1.807) is 0 Å². The molecule has 0 aliphatic carbocycles. The first-order chi connectivity index (χ1) is 10.3. The van der Waals surface area contributed by atoms with E-state index in [-0.39, 0.29) is 46.1 Å². The quantitative estimate of drug-likeness (QED) is 0.665. The molecule has 1 amide bonds. The maximum atomic E-state index is 12.0. The van der Waals surface area contributed by atoms with Crippen LogP contribution in [-0.4, -0.2) is 30.8 Å². The van der Waals surface area contributed by atoms with Crippen LogP contribution in [0.2, 0.25) is 5.02 Å². The standard InChI is InChI=1S/C13H15ClN2O5S/c14-11-2-1-10(16(18)19)8-12(11)15-13(17)7-9-3-5-22(20,21)6-4-9/h1-2,8-9H,3-7H2,(H,15,17). The van der Waals surface area contributed by atoms with Crippen LogP contribution in [0.5, 0.6) is 0 Å². The molecule has 0 atom stereocenters. The molecule has 0 radical (unpaired) electrons. The van der Waals surface area contributed by atoms with Gasteiger partial charge in [0, 0.05) is 18.6 Å². The Morgan fingerprint density at radius 1 is 1.36 bits per heavy atom. The molecule has 1 aliphatic heterocycles. The molecule has 7 nitrogen and oxygen atoms in total. The first kappa shape index (κ1) is 16.7. The fourth-order valence-electron chi connectivity index (χ4n) is 2.33. The largest absolute Gasteiger partial charge is 0.325 e. The van der Waals surface area contributed by atoms with Crippen molar-refractivity contribution in [2.24, 2.45) is 5.92 Å². The molecule has 0 bridgehead atoms. The Bertz CT molecular complexity index is 690. The summed E-state index contributed by atoms with van der Waals surface area (Å²) in [6.07, 6.45) is 1.09. The number of carbonyl (C=O) groups excluding carboxylic acids is 1. The van der Waals surface area contributed by atoms with Crippen LogP contribution in [0.3, 0.4) is 0 Å². The second kappa shape index (κ2) is 6.62. The minimum Gasteiger partial charge on any atom is -0.325 e. The third-order valence-corrected chi connectivity index (χ3v) is 5.63. The zero-order valence-electron chi connectivity index (χ0n) is 11.6. The molecule has 2 rings (SSSR count). The summed E-state index contributed by atoms with van der Waals surface area (Å²) in [6.45, 7) is 0. The van der Waals surface area contributed by atoms with Crippen LogP contribution in [0.25, 0.3) is 0 Å². The molecule has 0 aromatic heterocycles. The van der Waals surface area contributed by atoms with E-state index in [2.05, 4.69) is 5.32 Å². The van der Waals surface area contributed by atoms with Gasteiger partial charge in [-0.2, -0.15) is 0 Å². The number of non-ortho nitro benzene ring substituents is 1. The van der Waals surface area contributed by atoms with Gasteiger partial charge in [0.05, 0.1) is 27.1 Å². The lowest BCUT2D eigenvalue weighted by molar-refractivity contribution is -0.384. The molecule has 1 heterocycles. The predicted molar refractivity (Wildman–Crippen MR) is 82.7 cm³/mol. The highest BCUT2D eigenvalue weighted by Crippen LogP contribution is 2.28. The monoisotopic (exact) mass is 346 g/mol. The highest BCUT2D eigenvalue weighted by Gasteiger charge is 2.25. The fraction of sp³-hybridized carbons (Fsp3) is 0.462. The van der Waals surface area contributed by atoms with Crippen molar-refractivity contribution in [2.45, 2.75) is 19.3 Å². The zero-order valence-corrected chi connectivity index (χ0v) is 13.2. The number of nitro benzene ring substituents is 1. The van der Waals surface area contributed by atoms with Crippen LogP contribution in [0.4, 0.5) is 11.4 Å². The molecular weight excluding hydrogens is 332 g/mol. The fourth-order valence-corrected chi connectivity index (χ4v) is 4.08. The average Bonchev–Trinajstić information content (AvgIpc) is 2.43. The van der Waals surface area contributed by atoms with Crippen LogP contribution < -0.4 is 5.32 Å². The van der Waals surface area contributed by atoms with E-state index in [0.717, 1.165) is 0 Å². The van der Waals surface area contributed by atoms with Gasteiger partial charge in [-0.25, -0.2) is 8.42 Å². The van der Waals surface area contributed by atoms with Crippen molar-refractivity contribution in [3.63, 3.8) is 0 Å². The number of nitrogens with one attached hydrogen (secondary N) is 1. The van der Waals surface area contributed by atoms with Gasteiger partial charge in [-0.05, 0) is 24.8 Å². The number of sulfone groups is 1. The van der Waals surface area contributed by atoms with E-state index in [1.165, 1.54) is 18.2 Å². The third kappa shape index (κ3) is 4.41. The SMILES string of the molecule is O=C(CC1CCS(=O)(=O)CC1)Nc1cc([N+](=O)[O-])ccc1Cl. The molecule has 22 heavy (non-hydrogen) atoms. The number of nitrogens with zero attached hydrogens (tertiary/aromatic N) is 1. The predicted octanol–water partition coefficient (Wildman–Crippen LogP) is 2.40. The van der Waals surface area contributed by atoms with Crippen molar-refractivity contribution in [1.82, 2.24) is 0 Å². The molecular formula is C13H15ClN2O5S. The van der Waals surface area contributed by atoms with Crippen LogP contribution >= 0.6 is 11.6 Å². The summed E-state index contributed by atoms with van der Waals surface area (Å²) in [7, 11) is -2.96. The van der Waals surface area contributed by atoms with Gasteiger partial charge >= 0.3 is 0 Å². The lowest BCUT2D eigenvalue weighted by atomic mass is 9.98. The molecule has 0 unspecified atom stereocenters. The van der Waals surface area contributed by atoms with Crippen LogP contribution in [0.15, 0.2) is 18.2 Å². The molecule has 1 aromatic carbocycles. The second-order valence-corrected chi connectivity index (χ2v) is 7.98. The minimum atomic E-state index is -2.96. The number of anilines is 1. The van der Waals surface area contributed by atoms with Gasteiger partial charge in [0.25, 0.3) is 5.69 Å². The van der Waals surface area contributed by atoms with E-state index in [4.69, 9.17) is 11.6 Å². The normalized spacial score (nSPS) is 17.9. The van der Waals surface area contributed by atoms with E-state index in [1.807, 2.05) is 0 Å². The summed E-state index contributed by atoms with van der Waals surface area (Å²) in [4.78, 5) is 22.1. The number of amides is 1. The van der Waals surface area contributed by atoms with Gasteiger partial charge in [0.2, 0.25) is 5.91 Å². The highest BCUT2D eigenvalue weighted by atomic mass is 35.5. The Morgan fingerprint density at radius 3 is 2.59 bits per heavy atom. The summed E-state index contributed by atoms with van der Waals surface area (Å²) in [5, 5.41) is 13.5. The number of hydrogen-bond acceptors (Lipinski definition) is 5. The maximum absolute atomic E-state index is 12.0. The molecule has 0 saturated carbocycles. The number of halogens is 1. The van der Waals surface area contributed by atoms with Gasteiger partial charge in [0.1, 0.15) is 9.84 Å². The molecule has 1 N–H and O–H groups in total. The van der Waals surface area contributed by atoms with Gasteiger partial charge in [0.15, 0.2) is 0 Å². The van der Waals surface area contributed by atoms with Gasteiger partial charge in [-0.1, -0.05) is 11.6 Å². The molecule has 1 fully saturated rings. The van der Waals surface area contributed by atoms with Crippen molar-refractivity contribution < 1.29 is 18.1 Å². The highest BCUT2D eigenvalue weighted by molar-refractivity contribution is 7.91. The third-order valence-electron chi connectivity index (χ3n) is 3.58. The van der Waals surface area contributed by atoms with Crippen molar-refractivity contribution in [3.8, 4) is 0 Å². The van der Waals surface area contributed by atoms with E-state index < -0.39 is 14.8 Å². The topological polar surface area (TPSA) is 106 Å². The van der Waals surface area contributed by atoms with Crippen molar-refractivity contribution >= 4 is 38.7 Å². The minimum absolute atomic E-state index is 0.000925. The first-order valence-electron chi connectivity index (χ1n) is 6.71. The molecule has 9 heteroatoms. The summed E-state index contributed by atoms with van der Waals surface area (Å²) < 4.78 is 22.7. The Kier molecular flexibility index (Phi) is 5.02. The molecule has 1 saturated heterocycles. The van der Waals surface area contributed by atoms with Crippen LogP contribution in [0, 0.1) is 16.0 Å². The number of hydrogen-bond donors (Lipinski definition) is 1. The summed E-state index contributed by atoms with van der Waals surface area (Å²) in [5.74, 6) is -0.127. The Balaban J connectivity index is 1.98. The smallest absolute Gasteiger partial charge is 0.271 e. The number of rotatable bonds is 4. The van der Waals surface area contributed by atoms with Gasteiger partial charge in [-0.3, -0.25) is 14.9 Å². The van der Waals surface area contributed by atoms with Gasteiger partial charge < -0.3 is 5.32 Å². The number of carbonyl (C=O) groups is 1. The second-order valence-electron chi connectivity index (χ2n) is 5.27. The Labute approximate surface area is 132 Å². The van der Waals surface area contributed by atoms with Crippen molar-refractivity contribution in [3.05, 3.63) is 33.3 Å². The molecule has 120 valence electrons. The number of benzene rings is 1. The molecule has 1 aliphatic rings. The summed E-state index contributed by atoms with van der Waals surface area (Å²) in [5.41, 5.74) is 0.0211. The van der Waals surface area contributed by atoms with Crippen LogP contribution in [0.1, 0.15) is 19.3 Å². The van der Waals surface area contributed by atoms with Crippen molar-refractivity contribution in [2.75, 3.05) is 16.8 Å². The van der Waals surface area contributed by atoms with E-state index in [9.17, 15) is 23.3 Å². The molecule has 0 spiro atoms. The first-order valence-corrected chi connectivity index (χ1v) is 8.91. The molecule has 1 aromatic rings. The summed E-state index contributed by atoms with van der Waals surface area (Å²) >= 11 is 5.91. The van der Waals surface area contributed by atoms with E-state index >= 15 is 0 Å². The van der Waals surface area contributed by atoms with Gasteiger partial charge in [-0.15, -0.1) is 0 Å². The lowest BCUT2D eigenvalue weighted by Crippen LogP contribution is -2.26. The number of nitro groups is 1. The van der Waals surface area contributed by atoms with Crippen molar-refractivity contribution in [1.29, 1.82) is 0 Å². The maximum Gasteiger partial charge on any atom is 0.271 e. The summed E-state index contributed by atoms with van der Waals surface area (Å²) in [6, 6.07) is 3.80.